The lowest BCUT2D eigenvalue weighted by molar-refractivity contribution is 0.188. The van der Waals surface area contributed by atoms with Gasteiger partial charge in [-0.15, -0.1) is 0 Å². The summed E-state index contributed by atoms with van der Waals surface area (Å²) < 4.78 is 16.4. The Balaban J connectivity index is 1.93. The highest BCUT2D eigenvalue weighted by atomic mass is 19.1. The zero-order valence-corrected chi connectivity index (χ0v) is 17.6. The second kappa shape index (κ2) is 8.87. The first-order valence-corrected chi connectivity index (χ1v) is 9.75. The number of nitrogens with one attached hydrogen (secondary N) is 3. The van der Waals surface area contributed by atoms with Crippen molar-refractivity contribution in [3.8, 4) is 6.07 Å². The van der Waals surface area contributed by atoms with Crippen LogP contribution in [0.1, 0.15) is 26.3 Å². The summed E-state index contributed by atoms with van der Waals surface area (Å²) in [5.74, 6) is -0.602. The number of halogens is 1. The van der Waals surface area contributed by atoms with Gasteiger partial charge in [0.1, 0.15) is 6.07 Å². The van der Waals surface area contributed by atoms with Crippen LogP contribution >= 0.6 is 0 Å². The van der Waals surface area contributed by atoms with Gasteiger partial charge in [0.2, 0.25) is 0 Å². The molecule has 0 saturated heterocycles. The first kappa shape index (κ1) is 21.8. The maximum Gasteiger partial charge on any atom is 0.404 e. The summed E-state index contributed by atoms with van der Waals surface area (Å²) in [6.07, 6.45) is 0.581. The van der Waals surface area contributed by atoms with Gasteiger partial charge in [0, 0.05) is 30.2 Å². The van der Waals surface area contributed by atoms with Gasteiger partial charge in [-0.05, 0) is 37.1 Å². The van der Waals surface area contributed by atoms with E-state index in [1.165, 1.54) is 0 Å². The summed E-state index contributed by atoms with van der Waals surface area (Å²) >= 11 is 0. The smallest absolute Gasteiger partial charge is 0.404 e. The average Bonchev–Trinajstić information content (AvgIpc) is 3.07. The molecule has 1 amide bonds. The largest absolute Gasteiger partial charge is 0.465 e. The number of nitriles is 1. The molecule has 2 atom stereocenters. The number of anilines is 3. The van der Waals surface area contributed by atoms with Crippen molar-refractivity contribution in [1.29, 1.82) is 5.26 Å². The molecule has 0 radical (unpaired) electrons. The summed E-state index contributed by atoms with van der Waals surface area (Å²) in [5.41, 5.74) is 1.60. The van der Waals surface area contributed by atoms with Gasteiger partial charge in [-0.2, -0.15) is 10.4 Å². The number of aromatic nitrogens is 3. The highest BCUT2D eigenvalue weighted by molar-refractivity contribution is 5.83. The molecular formula is C21H24FN7O2. The highest BCUT2D eigenvalue weighted by Crippen LogP contribution is 2.27. The molecule has 4 N–H and O–H groups in total. The van der Waals surface area contributed by atoms with Crippen molar-refractivity contribution >= 4 is 34.3 Å². The topological polar surface area (TPSA) is 128 Å². The first-order chi connectivity index (χ1) is 14.7. The molecule has 162 valence electrons. The van der Waals surface area contributed by atoms with E-state index in [-0.39, 0.29) is 23.1 Å². The van der Waals surface area contributed by atoms with Gasteiger partial charge in [-0.25, -0.2) is 14.2 Å². The summed E-state index contributed by atoms with van der Waals surface area (Å²) in [4.78, 5) is 15.3. The number of rotatable bonds is 7. The second-order valence-electron chi connectivity index (χ2n) is 7.65. The van der Waals surface area contributed by atoms with Crippen LogP contribution < -0.4 is 16.0 Å². The fraction of sp³-hybridized carbons (Fsp3) is 0.333. The Morgan fingerprint density at radius 2 is 2.00 bits per heavy atom. The fourth-order valence-corrected chi connectivity index (χ4v) is 3.44. The number of benzene rings is 1. The van der Waals surface area contributed by atoms with Gasteiger partial charge < -0.3 is 21.1 Å². The average molecular weight is 425 g/mol. The Bertz CT molecular complexity index is 1150. The molecule has 0 spiro atoms. The fourth-order valence-electron chi connectivity index (χ4n) is 3.44. The third kappa shape index (κ3) is 4.83. The number of aryl methyl sites for hydroxylation is 1. The molecule has 1 aromatic carbocycles. The van der Waals surface area contributed by atoms with E-state index in [0.29, 0.717) is 5.69 Å². The van der Waals surface area contributed by atoms with E-state index in [0.717, 1.165) is 17.0 Å². The van der Waals surface area contributed by atoms with Crippen molar-refractivity contribution in [2.45, 2.75) is 32.9 Å². The van der Waals surface area contributed by atoms with E-state index in [9.17, 15) is 14.4 Å². The molecular weight excluding hydrogens is 401 g/mol. The lowest BCUT2D eigenvalue weighted by atomic mass is 9.97. The molecule has 0 unspecified atom stereocenters. The van der Waals surface area contributed by atoms with Crippen molar-refractivity contribution in [3.63, 3.8) is 0 Å². The molecule has 0 fully saturated rings. The van der Waals surface area contributed by atoms with Crippen molar-refractivity contribution in [2.75, 3.05) is 10.6 Å². The summed E-state index contributed by atoms with van der Waals surface area (Å²) in [6, 6.07) is 7.69. The van der Waals surface area contributed by atoms with Gasteiger partial charge in [-0.1, -0.05) is 13.8 Å². The van der Waals surface area contributed by atoms with E-state index in [1.54, 1.807) is 17.8 Å². The van der Waals surface area contributed by atoms with E-state index < -0.39 is 24.0 Å². The minimum Gasteiger partial charge on any atom is -0.465 e. The van der Waals surface area contributed by atoms with Crippen molar-refractivity contribution in [3.05, 3.63) is 41.8 Å². The van der Waals surface area contributed by atoms with Gasteiger partial charge in [0.25, 0.3) is 0 Å². The van der Waals surface area contributed by atoms with Crippen LogP contribution in [0.2, 0.25) is 0 Å². The van der Waals surface area contributed by atoms with E-state index in [2.05, 4.69) is 26.0 Å². The maximum absolute atomic E-state index is 14.7. The van der Waals surface area contributed by atoms with Crippen LogP contribution in [-0.2, 0) is 7.05 Å². The Morgan fingerprint density at radius 1 is 1.26 bits per heavy atom. The molecule has 0 saturated carbocycles. The summed E-state index contributed by atoms with van der Waals surface area (Å²) in [5, 5.41) is 32.1. The van der Waals surface area contributed by atoms with Crippen LogP contribution in [0.25, 0.3) is 10.9 Å². The SMILES string of the molecule is CC(C)[C@H](Nc1nc(Nc2ccc3cnn(C)c3c2)c(C#N)cc1F)[C@H](C)NC(=O)O. The molecule has 3 rings (SSSR count). The predicted octanol–water partition coefficient (Wildman–Crippen LogP) is 3.82. The predicted molar refractivity (Wildman–Crippen MR) is 116 cm³/mol. The van der Waals surface area contributed by atoms with Gasteiger partial charge >= 0.3 is 6.09 Å². The molecule has 10 heteroatoms. The van der Waals surface area contributed by atoms with Crippen LogP contribution in [0.4, 0.5) is 26.5 Å². The van der Waals surface area contributed by atoms with Crippen LogP contribution in [0, 0.1) is 23.1 Å². The molecule has 31 heavy (non-hydrogen) atoms. The lowest BCUT2D eigenvalue weighted by Crippen LogP contribution is -2.47. The van der Waals surface area contributed by atoms with Crippen LogP contribution in [-0.4, -0.2) is 38.0 Å². The molecule has 3 aromatic rings. The van der Waals surface area contributed by atoms with Crippen LogP contribution in [0.5, 0.6) is 0 Å². The van der Waals surface area contributed by atoms with Gasteiger partial charge in [-0.3, -0.25) is 4.68 Å². The Hall–Kier alpha value is -3.87. The number of carboxylic acid groups (broad SMARTS) is 1. The quantitative estimate of drug-likeness (QED) is 0.453. The first-order valence-electron chi connectivity index (χ1n) is 9.75. The number of hydrogen-bond donors (Lipinski definition) is 4. The van der Waals surface area contributed by atoms with Crippen LogP contribution in [0.15, 0.2) is 30.5 Å². The van der Waals surface area contributed by atoms with Crippen molar-refractivity contribution in [1.82, 2.24) is 20.1 Å². The Morgan fingerprint density at radius 3 is 2.65 bits per heavy atom. The Kier molecular flexibility index (Phi) is 6.25. The third-order valence-electron chi connectivity index (χ3n) is 5.02. The third-order valence-corrected chi connectivity index (χ3v) is 5.02. The highest BCUT2D eigenvalue weighted by Gasteiger charge is 2.24. The number of pyridine rings is 1. The minimum absolute atomic E-state index is 0.0256. The molecule has 0 aliphatic carbocycles. The zero-order valence-electron chi connectivity index (χ0n) is 17.6. The number of hydrogen-bond acceptors (Lipinski definition) is 6. The number of nitrogens with zero attached hydrogens (tertiary/aromatic N) is 4. The molecule has 2 aromatic heterocycles. The minimum atomic E-state index is -1.17. The van der Waals surface area contributed by atoms with E-state index >= 15 is 0 Å². The van der Waals surface area contributed by atoms with Crippen LogP contribution in [0.3, 0.4) is 0 Å². The maximum atomic E-state index is 14.7. The number of carbonyl (C=O) groups is 1. The summed E-state index contributed by atoms with van der Waals surface area (Å²) in [6.45, 7) is 5.47. The molecule has 0 bridgehead atoms. The lowest BCUT2D eigenvalue weighted by Gasteiger charge is -2.29. The molecule has 2 heterocycles. The Labute approximate surface area is 178 Å². The van der Waals surface area contributed by atoms with E-state index in [1.807, 2.05) is 45.2 Å². The standard InChI is InChI=1S/C21H24FN7O2/c1-11(2)18(12(3)25-21(30)31)27-20-16(22)7-14(9-23)19(28-20)26-15-6-5-13-10-24-29(4)17(13)8-15/h5-8,10-12,18,25H,1-4H3,(H,30,31)(H2,26,27,28)/t12-,18-/m0/s1. The van der Waals surface area contributed by atoms with Gasteiger partial charge in [0.15, 0.2) is 17.5 Å². The number of amides is 1. The number of fused-ring (bicyclic) bond motifs is 1. The summed E-state index contributed by atoms with van der Waals surface area (Å²) in [7, 11) is 1.82. The normalized spacial score (nSPS) is 12.9. The second-order valence-corrected chi connectivity index (χ2v) is 7.65. The monoisotopic (exact) mass is 425 g/mol. The van der Waals surface area contributed by atoms with Crippen molar-refractivity contribution in [2.24, 2.45) is 13.0 Å². The zero-order chi connectivity index (χ0) is 22.7. The molecule has 0 aliphatic heterocycles. The molecule has 0 aliphatic rings. The molecule has 9 nitrogen and oxygen atoms in total. The van der Waals surface area contributed by atoms with Crippen molar-refractivity contribution < 1.29 is 14.3 Å². The van der Waals surface area contributed by atoms with Gasteiger partial charge in [0.05, 0.1) is 17.3 Å². The van der Waals surface area contributed by atoms with E-state index in [4.69, 9.17) is 5.11 Å².